The summed E-state index contributed by atoms with van der Waals surface area (Å²) >= 11 is 0. The maximum absolute atomic E-state index is 14.1. The second-order valence-electron chi connectivity index (χ2n) is 13.8. The predicted octanol–water partition coefficient (Wildman–Crippen LogP) is 5.88. The molecule has 0 unspecified atom stereocenters. The largest absolute Gasteiger partial charge is 0.480 e. The number of rotatable bonds is 15. The predicted molar refractivity (Wildman–Crippen MR) is 211 cm³/mol. The van der Waals surface area contributed by atoms with Gasteiger partial charge in [-0.05, 0) is 59.2 Å². The minimum atomic E-state index is -1.30. The van der Waals surface area contributed by atoms with E-state index in [0.717, 1.165) is 38.9 Å². The molecule has 0 saturated heterocycles. The SMILES string of the molecule is C[C@H](NC(=O)[C@H](C)NC(=O)[C@H](CCC(=O)NC(c1ccccc1)(c1ccccc1)c1ccccc1)NC(=O)OCC1c2ccccc2-c2ccccc21)C(=O)O. The molecule has 11 nitrogen and oxygen atoms in total. The highest BCUT2D eigenvalue weighted by Gasteiger charge is 2.38. The van der Waals surface area contributed by atoms with Crippen LogP contribution >= 0.6 is 0 Å². The smallest absolute Gasteiger partial charge is 0.407 e. The summed E-state index contributed by atoms with van der Waals surface area (Å²) in [6.45, 7) is 2.69. The Morgan fingerprint density at radius 2 is 1.05 bits per heavy atom. The highest BCUT2D eigenvalue weighted by Crippen LogP contribution is 2.44. The van der Waals surface area contributed by atoms with Gasteiger partial charge in [-0.1, -0.05) is 140 Å². The first kappa shape index (κ1) is 39.0. The highest BCUT2D eigenvalue weighted by atomic mass is 16.5. The first-order chi connectivity index (χ1) is 27.1. The quantitative estimate of drug-likeness (QED) is 0.0835. The summed E-state index contributed by atoms with van der Waals surface area (Å²) in [7, 11) is 0. The number of carboxylic acids is 1. The normalized spacial score (nSPS) is 13.5. The summed E-state index contributed by atoms with van der Waals surface area (Å²) in [5, 5.41) is 20.0. The molecule has 6 rings (SSSR count). The van der Waals surface area contributed by atoms with Crippen molar-refractivity contribution in [2.45, 2.75) is 56.3 Å². The topological polar surface area (TPSA) is 163 Å². The van der Waals surface area contributed by atoms with Gasteiger partial charge in [0.25, 0.3) is 0 Å². The second kappa shape index (κ2) is 17.6. The number of hydrogen-bond donors (Lipinski definition) is 5. The Kier molecular flexibility index (Phi) is 12.2. The first-order valence-electron chi connectivity index (χ1n) is 18.5. The van der Waals surface area contributed by atoms with Gasteiger partial charge in [-0.3, -0.25) is 19.2 Å². The summed E-state index contributed by atoms with van der Waals surface area (Å²) in [6, 6.07) is 40.9. The fourth-order valence-electron chi connectivity index (χ4n) is 7.16. The standard InChI is InChI=1S/C45H44N4O7/c1-29(41(51)47-30(2)43(53)54)46-42(52)39(48-44(55)56-28-38-36-24-14-12-22-34(36)35-23-13-15-25-37(35)38)26-27-40(50)49-45(31-16-6-3-7-17-31,32-18-8-4-9-19-32)33-20-10-5-11-21-33/h3-25,29-30,38-39H,26-28H2,1-2H3,(H,46,52)(H,47,51)(H,48,55)(H,49,50)(H,53,54)/t29-,30-,39-/m0/s1. The molecule has 1 aliphatic rings. The van der Waals surface area contributed by atoms with Gasteiger partial charge in [0.05, 0.1) is 0 Å². The van der Waals surface area contributed by atoms with Crippen molar-refractivity contribution >= 4 is 29.8 Å². The molecule has 0 bridgehead atoms. The summed E-state index contributed by atoms with van der Waals surface area (Å²) < 4.78 is 5.74. The van der Waals surface area contributed by atoms with Crippen LogP contribution < -0.4 is 21.3 Å². The molecule has 0 aliphatic heterocycles. The van der Waals surface area contributed by atoms with Crippen molar-refractivity contribution in [1.29, 1.82) is 0 Å². The Morgan fingerprint density at radius 3 is 1.54 bits per heavy atom. The van der Waals surface area contributed by atoms with E-state index in [-0.39, 0.29) is 25.4 Å². The number of benzene rings is 5. The van der Waals surface area contributed by atoms with E-state index in [2.05, 4.69) is 21.3 Å². The molecule has 0 heterocycles. The van der Waals surface area contributed by atoms with Crippen LogP contribution in [0.1, 0.15) is 60.4 Å². The molecular formula is C45H44N4O7. The molecule has 3 atom stereocenters. The molecular weight excluding hydrogens is 709 g/mol. The van der Waals surface area contributed by atoms with Gasteiger partial charge >= 0.3 is 12.1 Å². The molecule has 0 radical (unpaired) electrons. The van der Waals surface area contributed by atoms with Crippen LogP contribution in [0, 0.1) is 0 Å². The van der Waals surface area contributed by atoms with Gasteiger partial charge in [-0.25, -0.2) is 4.79 Å². The minimum absolute atomic E-state index is 0.00564. The molecule has 5 aromatic carbocycles. The number of hydrogen-bond acceptors (Lipinski definition) is 6. The van der Waals surface area contributed by atoms with Gasteiger partial charge < -0.3 is 31.1 Å². The Labute approximate surface area is 325 Å². The third-order valence-corrected chi connectivity index (χ3v) is 10.0. The molecule has 286 valence electrons. The van der Waals surface area contributed by atoms with E-state index in [4.69, 9.17) is 4.74 Å². The zero-order valence-electron chi connectivity index (χ0n) is 31.1. The fraction of sp³-hybridized carbons (Fsp3) is 0.222. The van der Waals surface area contributed by atoms with Crippen LogP contribution in [0.5, 0.6) is 0 Å². The Balaban J connectivity index is 1.22. The third-order valence-electron chi connectivity index (χ3n) is 10.0. The Bertz CT molecular complexity index is 2040. The number of carbonyl (C=O) groups is 5. The minimum Gasteiger partial charge on any atom is -0.480 e. The van der Waals surface area contributed by atoms with Gasteiger partial charge in [-0.2, -0.15) is 0 Å². The summed E-state index contributed by atoms with van der Waals surface area (Å²) in [5.41, 5.74) is 5.48. The molecule has 0 fully saturated rings. The zero-order valence-corrected chi connectivity index (χ0v) is 31.1. The van der Waals surface area contributed by atoms with E-state index in [1.54, 1.807) is 0 Å². The molecule has 5 N–H and O–H groups in total. The van der Waals surface area contributed by atoms with Gasteiger partial charge in [-0.15, -0.1) is 0 Å². The summed E-state index contributed by atoms with van der Waals surface area (Å²) in [6.07, 6.45) is -1.24. The van der Waals surface area contributed by atoms with Crippen LogP contribution in [-0.2, 0) is 29.5 Å². The summed E-state index contributed by atoms with van der Waals surface area (Å²) in [5.74, 6) is -3.36. The van der Waals surface area contributed by atoms with Crippen LogP contribution in [0.15, 0.2) is 140 Å². The third kappa shape index (κ3) is 8.63. The Hall–Kier alpha value is -6.75. The van der Waals surface area contributed by atoms with Gasteiger partial charge in [0.2, 0.25) is 17.7 Å². The zero-order chi connectivity index (χ0) is 39.7. The van der Waals surface area contributed by atoms with Crippen molar-refractivity contribution in [3.05, 3.63) is 167 Å². The van der Waals surface area contributed by atoms with E-state index in [1.165, 1.54) is 13.8 Å². The van der Waals surface area contributed by atoms with Crippen molar-refractivity contribution < 1.29 is 33.8 Å². The number of fused-ring (bicyclic) bond motifs is 3. The number of alkyl carbamates (subject to hydrolysis) is 1. The van der Waals surface area contributed by atoms with Crippen LogP contribution in [-0.4, -0.2) is 59.6 Å². The van der Waals surface area contributed by atoms with Gasteiger partial charge in [0.15, 0.2) is 0 Å². The van der Waals surface area contributed by atoms with E-state index in [0.29, 0.717) is 0 Å². The maximum Gasteiger partial charge on any atom is 0.407 e. The lowest BCUT2D eigenvalue weighted by molar-refractivity contribution is -0.141. The highest BCUT2D eigenvalue weighted by molar-refractivity contribution is 5.93. The number of aliphatic carboxylic acids is 1. The number of carbonyl (C=O) groups excluding carboxylic acids is 4. The van der Waals surface area contributed by atoms with Crippen molar-refractivity contribution in [2.24, 2.45) is 0 Å². The van der Waals surface area contributed by atoms with Crippen molar-refractivity contribution in [3.8, 4) is 11.1 Å². The lowest BCUT2D eigenvalue weighted by Crippen LogP contribution is -2.54. The summed E-state index contributed by atoms with van der Waals surface area (Å²) in [4.78, 5) is 65.4. The molecule has 56 heavy (non-hydrogen) atoms. The average molecular weight is 753 g/mol. The molecule has 4 amide bonds. The van der Waals surface area contributed by atoms with E-state index in [1.807, 2.05) is 140 Å². The van der Waals surface area contributed by atoms with Gasteiger partial charge in [0, 0.05) is 12.3 Å². The molecule has 0 aromatic heterocycles. The monoisotopic (exact) mass is 752 g/mol. The van der Waals surface area contributed by atoms with Crippen molar-refractivity contribution in [1.82, 2.24) is 21.3 Å². The number of nitrogens with one attached hydrogen (secondary N) is 4. The van der Waals surface area contributed by atoms with E-state index in [9.17, 15) is 29.1 Å². The molecule has 0 saturated carbocycles. The van der Waals surface area contributed by atoms with Crippen molar-refractivity contribution in [3.63, 3.8) is 0 Å². The lowest BCUT2D eigenvalue weighted by Gasteiger charge is -2.37. The van der Waals surface area contributed by atoms with Crippen LogP contribution in [0.4, 0.5) is 4.79 Å². The first-order valence-corrected chi connectivity index (χ1v) is 18.5. The fourth-order valence-corrected chi connectivity index (χ4v) is 7.16. The average Bonchev–Trinajstić information content (AvgIpc) is 3.54. The van der Waals surface area contributed by atoms with Crippen LogP contribution in [0.2, 0.25) is 0 Å². The molecule has 5 aromatic rings. The van der Waals surface area contributed by atoms with E-state index >= 15 is 0 Å². The second-order valence-corrected chi connectivity index (χ2v) is 13.8. The number of carboxylic acid groups (broad SMARTS) is 1. The Morgan fingerprint density at radius 1 is 0.607 bits per heavy atom. The van der Waals surface area contributed by atoms with Crippen LogP contribution in [0.3, 0.4) is 0 Å². The maximum atomic E-state index is 14.1. The van der Waals surface area contributed by atoms with Gasteiger partial charge in [0.1, 0.15) is 30.3 Å². The van der Waals surface area contributed by atoms with Crippen molar-refractivity contribution in [2.75, 3.05) is 6.61 Å². The number of ether oxygens (including phenoxy) is 1. The molecule has 11 heteroatoms. The van der Waals surface area contributed by atoms with E-state index < -0.39 is 53.4 Å². The lowest BCUT2D eigenvalue weighted by atomic mass is 9.77. The molecule has 0 spiro atoms. The van der Waals surface area contributed by atoms with Crippen LogP contribution in [0.25, 0.3) is 11.1 Å². The molecule has 1 aliphatic carbocycles. The number of amides is 4.